The Morgan fingerprint density at radius 2 is 2.04 bits per heavy atom. The minimum Gasteiger partial charge on any atom is -0.479 e. The van der Waals surface area contributed by atoms with Crippen LogP contribution in [0, 0.1) is 0 Å². The molecule has 1 atom stereocenters. The fourth-order valence-corrected chi connectivity index (χ4v) is 2.79. The maximum Gasteiger partial charge on any atom is 0.334 e. The molecule has 1 amide bonds. The number of amides is 1. The Hall–Kier alpha value is -2.74. The lowest BCUT2D eigenvalue weighted by atomic mass is 10.1. The van der Waals surface area contributed by atoms with E-state index in [-0.39, 0.29) is 31.0 Å². The second kappa shape index (κ2) is 6.40. The lowest BCUT2D eigenvalue weighted by Crippen LogP contribution is -2.49. The zero-order chi connectivity index (χ0) is 17.3. The lowest BCUT2D eigenvalue weighted by molar-refractivity contribution is -0.159. The number of benzene rings is 1. The number of hydrogen-bond acceptors (Lipinski definition) is 5. The van der Waals surface area contributed by atoms with E-state index in [0.717, 1.165) is 0 Å². The number of fused-ring (bicyclic) bond motifs is 1. The summed E-state index contributed by atoms with van der Waals surface area (Å²) in [5.41, 5.74) is 0.273. The van der Waals surface area contributed by atoms with Crippen LogP contribution in [0.15, 0.2) is 29.1 Å². The number of carboxylic acids is 1. The molecule has 3 rings (SSSR count). The van der Waals surface area contributed by atoms with Crippen LogP contribution in [0.3, 0.4) is 0 Å². The van der Waals surface area contributed by atoms with Crippen LogP contribution in [0.25, 0.3) is 10.8 Å². The Labute approximate surface area is 137 Å². The lowest BCUT2D eigenvalue weighted by Gasteiger charge is -2.30. The SMILES string of the molecule is Cn1nc(CC(=O)N2CCOC(C(=O)O)C2)c2ccccc2c1=O. The van der Waals surface area contributed by atoms with Crippen LogP contribution in [0.2, 0.25) is 0 Å². The predicted molar refractivity (Wildman–Crippen MR) is 84.6 cm³/mol. The monoisotopic (exact) mass is 331 g/mol. The standard InChI is InChI=1S/C16H17N3O5/c1-18-15(21)11-5-3-2-4-10(11)12(17-18)8-14(20)19-6-7-24-13(9-19)16(22)23/h2-5,13H,6-9H2,1H3,(H,22,23). The van der Waals surface area contributed by atoms with Crippen LogP contribution in [-0.2, 0) is 27.8 Å². The van der Waals surface area contributed by atoms with E-state index in [9.17, 15) is 14.4 Å². The van der Waals surface area contributed by atoms with E-state index in [1.807, 2.05) is 0 Å². The predicted octanol–water partition coefficient (Wildman–Crippen LogP) is -0.212. The van der Waals surface area contributed by atoms with Crippen molar-refractivity contribution < 1.29 is 19.4 Å². The maximum absolute atomic E-state index is 12.5. The van der Waals surface area contributed by atoms with Crippen molar-refractivity contribution in [2.45, 2.75) is 12.5 Å². The Morgan fingerprint density at radius 3 is 2.75 bits per heavy atom. The summed E-state index contributed by atoms with van der Waals surface area (Å²) in [5.74, 6) is -1.32. The molecule has 0 aliphatic carbocycles. The average molecular weight is 331 g/mol. The summed E-state index contributed by atoms with van der Waals surface area (Å²) in [5, 5.41) is 14.4. The Morgan fingerprint density at radius 1 is 1.33 bits per heavy atom. The van der Waals surface area contributed by atoms with Gasteiger partial charge in [-0.25, -0.2) is 9.48 Å². The van der Waals surface area contributed by atoms with Gasteiger partial charge < -0.3 is 14.7 Å². The summed E-state index contributed by atoms with van der Waals surface area (Å²) in [6.45, 7) is 0.536. The number of hydrogen-bond donors (Lipinski definition) is 1. The quantitative estimate of drug-likeness (QED) is 0.835. The molecule has 0 radical (unpaired) electrons. The summed E-state index contributed by atoms with van der Waals surface area (Å²) < 4.78 is 6.33. The van der Waals surface area contributed by atoms with E-state index in [1.54, 1.807) is 24.3 Å². The summed E-state index contributed by atoms with van der Waals surface area (Å²) in [6, 6.07) is 7.00. The molecule has 8 nitrogen and oxygen atoms in total. The van der Waals surface area contributed by atoms with Crippen molar-refractivity contribution in [2.24, 2.45) is 7.05 Å². The maximum atomic E-state index is 12.5. The second-order valence-corrected chi connectivity index (χ2v) is 5.64. The molecule has 1 aromatic heterocycles. The molecule has 2 heterocycles. The number of aryl methyl sites for hydroxylation is 1. The van der Waals surface area contributed by atoms with Gasteiger partial charge in [0.25, 0.3) is 5.56 Å². The first-order chi connectivity index (χ1) is 11.5. The number of carbonyl (C=O) groups excluding carboxylic acids is 1. The third kappa shape index (κ3) is 3.00. The van der Waals surface area contributed by atoms with Gasteiger partial charge in [-0.1, -0.05) is 18.2 Å². The third-order valence-electron chi connectivity index (χ3n) is 4.05. The first-order valence-electron chi connectivity index (χ1n) is 7.54. The highest BCUT2D eigenvalue weighted by atomic mass is 16.5. The highest BCUT2D eigenvalue weighted by Gasteiger charge is 2.29. The number of carboxylic acid groups (broad SMARTS) is 1. The Balaban J connectivity index is 1.87. The molecule has 1 saturated heterocycles. The van der Waals surface area contributed by atoms with Gasteiger partial charge >= 0.3 is 5.97 Å². The van der Waals surface area contributed by atoms with Crippen LogP contribution in [0.1, 0.15) is 5.69 Å². The van der Waals surface area contributed by atoms with E-state index < -0.39 is 12.1 Å². The first kappa shape index (κ1) is 16.1. The van der Waals surface area contributed by atoms with Gasteiger partial charge in [-0.3, -0.25) is 9.59 Å². The van der Waals surface area contributed by atoms with E-state index in [2.05, 4.69) is 5.10 Å². The van der Waals surface area contributed by atoms with Crippen molar-refractivity contribution in [3.63, 3.8) is 0 Å². The van der Waals surface area contributed by atoms with Crippen LogP contribution < -0.4 is 5.56 Å². The smallest absolute Gasteiger partial charge is 0.334 e. The van der Waals surface area contributed by atoms with Gasteiger partial charge in [0.1, 0.15) is 0 Å². The van der Waals surface area contributed by atoms with E-state index in [4.69, 9.17) is 9.84 Å². The molecule has 2 aromatic rings. The summed E-state index contributed by atoms with van der Waals surface area (Å²) in [4.78, 5) is 37.1. The average Bonchev–Trinajstić information content (AvgIpc) is 2.59. The molecule has 1 aromatic carbocycles. The van der Waals surface area contributed by atoms with Gasteiger partial charge in [-0.15, -0.1) is 0 Å². The molecule has 8 heteroatoms. The minimum absolute atomic E-state index is 0.000965. The molecule has 0 bridgehead atoms. The van der Waals surface area contributed by atoms with Crippen LogP contribution in [-0.4, -0.2) is 57.5 Å². The van der Waals surface area contributed by atoms with Crippen molar-refractivity contribution in [1.82, 2.24) is 14.7 Å². The molecule has 0 spiro atoms. The molecule has 24 heavy (non-hydrogen) atoms. The molecule has 1 aliphatic heterocycles. The number of aromatic nitrogens is 2. The Bertz CT molecular complexity index is 860. The Kier molecular flexibility index (Phi) is 4.30. The topological polar surface area (TPSA) is 102 Å². The molecular weight excluding hydrogens is 314 g/mol. The summed E-state index contributed by atoms with van der Waals surface area (Å²) in [6.07, 6.45) is -1.01. The highest BCUT2D eigenvalue weighted by molar-refractivity contribution is 5.88. The van der Waals surface area contributed by atoms with E-state index in [0.29, 0.717) is 23.0 Å². The summed E-state index contributed by atoms with van der Waals surface area (Å²) in [7, 11) is 1.54. The number of carbonyl (C=O) groups is 2. The highest BCUT2D eigenvalue weighted by Crippen LogP contribution is 2.15. The molecule has 1 fully saturated rings. The van der Waals surface area contributed by atoms with Crippen LogP contribution in [0.4, 0.5) is 0 Å². The van der Waals surface area contributed by atoms with Gasteiger partial charge in [-0.2, -0.15) is 5.10 Å². The number of aliphatic carboxylic acids is 1. The van der Waals surface area contributed by atoms with Crippen LogP contribution in [0.5, 0.6) is 0 Å². The van der Waals surface area contributed by atoms with E-state index in [1.165, 1.54) is 16.6 Å². The summed E-state index contributed by atoms with van der Waals surface area (Å²) >= 11 is 0. The van der Waals surface area contributed by atoms with Gasteiger partial charge in [-0.05, 0) is 6.07 Å². The minimum atomic E-state index is -1.09. The van der Waals surface area contributed by atoms with E-state index >= 15 is 0 Å². The molecule has 0 saturated carbocycles. The third-order valence-corrected chi connectivity index (χ3v) is 4.05. The zero-order valence-corrected chi connectivity index (χ0v) is 13.1. The normalized spacial score (nSPS) is 17.9. The van der Waals surface area contributed by atoms with Gasteiger partial charge in [0.15, 0.2) is 6.10 Å². The number of ether oxygens (including phenoxy) is 1. The van der Waals surface area contributed by atoms with Gasteiger partial charge in [0.05, 0.1) is 30.7 Å². The second-order valence-electron chi connectivity index (χ2n) is 5.64. The molecule has 1 aliphatic rings. The number of morpholine rings is 1. The largest absolute Gasteiger partial charge is 0.479 e. The zero-order valence-electron chi connectivity index (χ0n) is 13.1. The number of nitrogens with zero attached hydrogens (tertiary/aromatic N) is 3. The molecule has 126 valence electrons. The van der Waals surface area contributed by atoms with Crippen LogP contribution >= 0.6 is 0 Å². The molecule has 1 unspecified atom stereocenters. The van der Waals surface area contributed by atoms with Crippen molar-refractivity contribution in [1.29, 1.82) is 0 Å². The first-order valence-corrected chi connectivity index (χ1v) is 7.54. The van der Waals surface area contributed by atoms with Crippen molar-refractivity contribution in [3.05, 3.63) is 40.3 Å². The number of rotatable bonds is 3. The molecular formula is C16H17N3O5. The fraction of sp³-hybridized carbons (Fsp3) is 0.375. The van der Waals surface area contributed by atoms with Gasteiger partial charge in [0, 0.05) is 19.0 Å². The van der Waals surface area contributed by atoms with Crippen molar-refractivity contribution >= 4 is 22.6 Å². The van der Waals surface area contributed by atoms with Gasteiger partial charge in [0.2, 0.25) is 5.91 Å². The fourth-order valence-electron chi connectivity index (χ4n) is 2.79. The van der Waals surface area contributed by atoms with Crippen molar-refractivity contribution in [2.75, 3.05) is 19.7 Å². The van der Waals surface area contributed by atoms with Crippen molar-refractivity contribution in [3.8, 4) is 0 Å². The molecule has 1 N–H and O–H groups in total.